The fourth-order valence-electron chi connectivity index (χ4n) is 2.66. The van der Waals surface area contributed by atoms with Gasteiger partial charge in [0.1, 0.15) is 12.2 Å². The first-order chi connectivity index (χ1) is 11.7. The lowest BCUT2D eigenvalue weighted by Gasteiger charge is -2.33. The molecule has 1 aliphatic rings. The van der Waals surface area contributed by atoms with Crippen LogP contribution in [0.25, 0.3) is 0 Å². The van der Waals surface area contributed by atoms with E-state index in [4.69, 9.17) is 15.2 Å². The molecule has 2 N–H and O–H groups in total. The van der Waals surface area contributed by atoms with E-state index in [0.717, 1.165) is 5.56 Å². The molecule has 1 heterocycles. The number of halogens is 1. The Kier molecular flexibility index (Phi) is 4.96. The van der Waals surface area contributed by atoms with Gasteiger partial charge in [-0.15, -0.1) is 0 Å². The Labute approximate surface area is 139 Å². The van der Waals surface area contributed by atoms with E-state index in [-0.39, 0.29) is 24.5 Å². The summed E-state index contributed by atoms with van der Waals surface area (Å²) in [5.74, 6) is -0.564. The minimum absolute atomic E-state index is 0.0344. The Balaban J connectivity index is 1.82. The highest BCUT2D eigenvalue weighted by molar-refractivity contribution is 6.01. The molecule has 126 valence electrons. The number of benzene rings is 2. The SMILES string of the molecule is Nc1cccc(N2CCOCC2F)c1C(=O)OCc1ccccc1. The van der Waals surface area contributed by atoms with Crippen molar-refractivity contribution in [1.82, 2.24) is 0 Å². The van der Waals surface area contributed by atoms with Gasteiger partial charge < -0.3 is 20.1 Å². The molecule has 1 fully saturated rings. The van der Waals surface area contributed by atoms with Crippen molar-refractivity contribution in [3.63, 3.8) is 0 Å². The van der Waals surface area contributed by atoms with Crippen molar-refractivity contribution in [1.29, 1.82) is 0 Å². The van der Waals surface area contributed by atoms with Crippen LogP contribution in [0.2, 0.25) is 0 Å². The number of morpholine rings is 1. The van der Waals surface area contributed by atoms with Crippen LogP contribution < -0.4 is 10.6 Å². The number of carbonyl (C=O) groups is 1. The van der Waals surface area contributed by atoms with Gasteiger partial charge in [0.25, 0.3) is 0 Å². The molecule has 0 amide bonds. The predicted octanol–water partition coefficient (Wildman–Crippen LogP) is 2.76. The van der Waals surface area contributed by atoms with Crippen molar-refractivity contribution < 1.29 is 18.7 Å². The number of rotatable bonds is 4. The van der Waals surface area contributed by atoms with E-state index in [1.54, 1.807) is 18.2 Å². The molecule has 2 aromatic carbocycles. The van der Waals surface area contributed by atoms with Crippen LogP contribution in [0.3, 0.4) is 0 Å². The molecule has 1 atom stereocenters. The molecule has 1 aliphatic heterocycles. The van der Waals surface area contributed by atoms with Crippen LogP contribution in [-0.2, 0) is 16.1 Å². The van der Waals surface area contributed by atoms with Crippen LogP contribution in [-0.4, -0.2) is 32.0 Å². The van der Waals surface area contributed by atoms with Crippen molar-refractivity contribution >= 4 is 17.3 Å². The summed E-state index contributed by atoms with van der Waals surface area (Å²) in [6, 6.07) is 14.3. The summed E-state index contributed by atoms with van der Waals surface area (Å²) < 4.78 is 24.6. The average Bonchev–Trinajstić information content (AvgIpc) is 2.61. The maximum absolute atomic E-state index is 14.2. The normalized spacial score (nSPS) is 17.5. The summed E-state index contributed by atoms with van der Waals surface area (Å²) in [4.78, 5) is 14.0. The number of esters is 1. The Morgan fingerprint density at radius 2 is 2.04 bits per heavy atom. The third kappa shape index (κ3) is 3.49. The van der Waals surface area contributed by atoms with E-state index in [0.29, 0.717) is 18.8 Å². The first kappa shape index (κ1) is 16.3. The third-order valence-corrected chi connectivity index (χ3v) is 3.87. The van der Waals surface area contributed by atoms with Crippen molar-refractivity contribution in [3.8, 4) is 0 Å². The fourth-order valence-corrected chi connectivity index (χ4v) is 2.66. The Morgan fingerprint density at radius 3 is 2.79 bits per heavy atom. The van der Waals surface area contributed by atoms with Gasteiger partial charge >= 0.3 is 5.97 Å². The number of alkyl halides is 1. The van der Waals surface area contributed by atoms with Crippen LogP contribution in [0.5, 0.6) is 0 Å². The van der Waals surface area contributed by atoms with Crippen molar-refractivity contribution in [2.24, 2.45) is 0 Å². The summed E-state index contributed by atoms with van der Waals surface area (Å²) in [6.45, 7) is 0.847. The van der Waals surface area contributed by atoms with Gasteiger partial charge in [0.05, 0.1) is 18.9 Å². The van der Waals surface area contributed by atoms with E-state index >= 15 is 0 Å². The largest absolute Gasteiger partial charge is 0.457 e. The zero-order valence-electron chi connectivity index (χ0n) is 13.2. The Morgan fingerprint density at radius 1 is 1.25 bits per heavy atom. The van der Waals surface area contributed by atoms with Gasteiger partial charge in [-0.05, 0) is 17.7 Å². The lowest BCUT2D eigenvalue weighted by atomic mass is 10.1. The number of carbonyl (C=O) groups excluding carboxylic acids is 1. The molecule has 0 aliphatic carbocycles. The number of anilines is 2. The minimum Gasteiger partial charge on any atom is -0.457 e. The highest BCUT2D eigenvalue weighted by Gasteiger charge is 2.28. The predicted molar refractivity (Wildman–Crippen MR) is 89.5 cm³/mol. The highest BCUT2D eigenvalue weighted by atomic mass is 19.1. The third-order valence-electron chi connectivity index (χ3n) is 3.87. The molecule has 24 heavy (non-hydrogen) atoms. The van der Waals surface area contributed by atoms with Gasteiger partial charge in [0, 0.05) is 12.2 Å². The van der Waals surface area contributed by atoms with Crippen molar-refractivity contribution in [2.45, 2.75) is 12.9 Å². The van der Waals surface area contributed by atoms with Crippen molar-refractivity contribution in [2.75, 3.05) is 30.4 Å². The van der Waals surface area contributed by atoms with Crippen LogP contribution in [0, 0.1) is 0 Å². The average molecular weight is 330 g/mol. The fraction of sp³-hybridized carbons (Fsp3) is 0.278. The molecule has 0 aromatic heterocycles. The first-order valence-electron chi connectivity index (χ1n) is 7.75. The van der Waals surface area contributed by atoms with Crippen LogP contribution >= 0.6 is 0 Å². The summed E-state index contributed by atoms with van der Waals surface area (Å²) in [5, 5.41) is 0. The standard InChI is InChI=1S/C18H19FN2O3/c19-16-12-23-10-9-21(16)15-8-4-7-14(20)17(15)18(22)24-11-13-5-2-1-3-6-13/h1-8,16H,9-12,20H2. The molecule has 0 radical (unpaired) electrons. The molecule has 2 aromatic rings. The van der Waals surface area contributed by atoms with Gasteiger partial charge in [-0.2, -0.15) is 0 Å². The molecule has 0 bridgehead atoms. The first-order valence-corrected chi connectivity index (χ1v) is 7.75. The molecule has 3 rings (SSSR count). The second-order valence-electron chi connectivity index (χ2n) is 5.51. The van der Waals surface area contributed by atoms with Gasteiger partial charge in [-0.1, -0.05) is 36.4 Å². The molecule has 0 spiro atoms. The summed E-state index contributed by atoms with van der Waals surface area (Å²) >= 11 is 0. The van der Waals surface area contributed by atoms with E-state index in [9.17, 15) is 9.18 Å². The van der Waals surface area contributed by atoms with Gasteiger partial charge in [0.15, 0.2) is 6.30 Å². The summed E-state index contributed by atoms with van der Waals surface area (Å²) in [6.07, 6.45) is -1.32. The smallest absolute Gasteiger partial charge is 0.342 e. The van der Waals surface area contributed by atoms with Crippen LogP contribution in [0.15, 0.2) is 48.5 Å². The van der Waals surface area contributed by atoms with Crippen LogP contribution in [0.4, 0.5) is 15.8 Å². The van der Waals surface area contributed by atoms with E-state index in [1.807, 2.05) is 30.3 Å². The maximum Gasteiger partial charge on any atom is 0.342 e. The van der Waals surface area contributed by atoms with Gasteiger partial charge in [0.2, 0.25) is 0 Å². The monoisotopic (exact) mass is 330 g/mol. The second-order valence-corrected chi connectivity index (χ2v) is 5.51. The lowest BCUT2D eigenvalue weighted by Crippen LogP contribution is -2.43. The zero-order chi connectivity index (χ0) is 16.9. The van der Waals surface area contributed by atoms with Crippen molar-refractivity contribution in [3.05, 3.63) is 59.7 Å². The topological polar surface area (TPSA) is 64.8 Å². The molecule has 1 unspecified atom stereocenters. The molecule has 5 nitrogen and oxygen atoms in total. The molecular weight excluding hydrogens is 311 g/mol. The maximum atomic E-state index is 14.2. The van der Waals surface area contributed by atoms with E-state index in [2.05, 4.69) is 0 Å². The lowest BCUT2D eigenvalue weighted by molar-refractivity contribution is 0.0451. The number of nitrogens with two attached hydrogens (primary N) is 1. The summed E-state index contributed by atoms with van der Waals surface area (Å²) in [7, 11) is 0. The molecule has 6 heteroatoms. The number of hydrogen-bond acceptors (Lipinski definition) is 5. The molecule has 0 saturated carbocycles. The number of ether oxygens (including phenoxy) is 2. The second kappa shape index (κ2) is 7.31. The van der Waals surface area contributed by atoms with E-state index < -0.39 is 12.3 Å². The number of nitrogens with zero attached hydrogens (tertiary/aromatic N) is 1. The highest BCUT2D eigenvalue weighted by Crippen LogP contribution is 2.30. The summed E-state index contributed by atoms with van der Waals surface area (Å²) in [5.41, 5.74) is 7.73. The zero-order valence-corrected chi connectivity index (χ0v) is 13.2. The van der Waals surface area contributed by atoms with Gasteiger partial charge in [-0.3, -0.25) is 0 Å². The number of nitrogen functional groups attached to an aromatic ring is 1. The Bertz CT molecular complexity index is 709. The minimum atomic E-state index is -1.32. The quantitative estimate of drug-likeness (QED) is 0.530. The molecule has 1 saturated heterocycles. The Hall–Kier alpha value is -2.60. The van der Waals surface area contributed by atoms with E-state index in [1.165, 1.54) is 4.90 Å². The van der Waals surface area contributed by atoms with Gasteiger partial charge in [-0.25, -0.2) is 9.18 Å². The van der Waals surface area contributed by atoms with Crippen LogP contribution in [0.1, 0.15) is 15.9 Å². The molecular formula is C18H19FN2O3. The number of hydrogen-bond donors (Lipinski definition) is 1.